The smallest absolute Gasteiger partial charge is 0.855 e. The van der Waals surface area contributed by atoms with Gasteiger partial charge in [0.2, 0.25) is 0 Å². The van der Waals surface area contributed by atoms with Crippen molar-refractivity contribution in [3.63, 3.8) is 0 Å². The molecule has 0 N–H and O–H groups in total. The molecule has 0 aromatic carbocycles. The van der Waals surface area contributed by atoms with Crippen LogP contribution in [0.2, 0.25) is 0 Å². The number of nitrogens with zero attached hydrogens (tertiary/aromatic N) is 1. The van der Waals surface area contributed by atoms with Gasteiger partial charge in [-0.15, -0.1) is 13.2 Å². The quantitative estimate of drug-likeness (QED) is 0.727. The van der Waals surface area contributed by atoms with Crippen LogP contribution in [0.1, 0.15) is 41.5 Å². The maximum atomic E-state index is 8.93. The van der Waals surface area contributed by atoms with Gasteiger partial charge in [0.1, 0.15) is 0 Å². The molecule has 0 aliphatic rings. The van der Waals surface area contributed by atoms with E-state index >= 15 is 0 Å². The molecular formula is C13H33MgNO2S. The molecule has 0 amide bonds. The summed E-state index contributed by atoms with van der Waals surface area (Å²) in [4.78, 5) is 2.25. The summed E-state index contributed by atoms with van der Waals surface area (Å²) in [7, 11) is 2.11. The SMILES string of the molecule is CCN(C)CC.CCSCC.CC[O-].CC[O-].[Mg+2]. The van der Waals surface area contributed by atoms with Gasteiger partial charge in [-0.05, 0) is 31.6 Å². The van der Waals surface area contributed by atoms with Crippen molar-refractivity contribution in [3.8, 4) is 0 Å². The predicted molar refractivity (Wildman–Crippen MR) is 84.4 cm³/mol. The predicted octanol–water partition coefficient (Wildman–Crippen LogP) is 1.07. The van der Waals surface area contributed by atoms with Crippen LogP contribution in [0, 0.1) is 0 Å². The zero-order valence-corrected chi connectivity index (χ0v) is 15.9. The summed E-state index contributed by atoms with van der Waals surface area (Å²) in [6, 6.07) is 0. The van der Waals surface area contributed by atoms with Crippen molar-refractivity contribution in [2.45, 2.75) is 41.5 Å². The first-order valence-electron chi connectivity index (χ1n) is 6.48. The molecule has 5 heteroatoms. The summed E-state index contributed by atoms with van der Waals surface area (Å²) in [6.07, 6.45) is 0. The van der Waals surface area contributed by atoms with E-state index in [9.17, 15) is 0 Å². The number of hydrogen-bond donors (Lipinski definition) is 0. The first-order valence-corrected chi connectivity index (χ1v) is 7.63. The third-order valence-electron chi connectivity index (χ3n) is 1.49. The van der Waals surface area contributed by atoms with Gasteiger partial charge >= 0.3 is 23.1 Å². The fourth-order valence-electron chi connectivity index (χ4n) is 0.428. The van der Waals surface area contributed by atoms with Crippen molar-refractivity contribution in [1.29, 1.82) is 0 Å². The second-order valence-electron chi connectivity index (χ2n) is 2.85. The average molecular weight is 292 g/mol. The summed E-state index contributed by atoms with van der Waals surface area (Å²) in [6.45, 7) is 14.1. The number of rotatable bonds is 4. The van der Waals surface area contributed by atoms with Crippen LogP contribution in [-0.4, -0.2) is 72.8 Å². The molecule has 0 radical (unpaired) electrons. The van der Waals surface area contributed by atoms with E-state index in [4.69, 9.17) is 10.2 Å². The van der Waals surface area contributed by atoms with Crippen LogP contribution in [0.3, 0.4) is 0 Å². The fraction of sp³-hybridized carbons (Fsp3) is 1.00. The monoisotopic (exact) mass is 291 g/mol. The third-order valence-corrected chi connectivity index (χ3v) is 2.30. The Morgan fingerprint density at radius 3 is 1.00 bits per heavy atom. The van der Waals surface area contributed by atoms with Crippen LogP contribution < -0.4 is 10.2 Å². The molecule has 0 heterocycles. The largest absolute Gasteiger partial charge is 2.00 e. The maximum absolute atomic E-state index is 8.93. The topological polar surface area (TPSA) is 49.4 Å². The van der Waals surface area contributed by atoms with Gasteiger partial charge in [-0.1, -0.05) is 41.5 Å². The molecule has 0 aromatic heterocycles. The molecule has 18 heavy (non-hydrogen) atoms. The molecule has 0 aliphatic heterocycles. The van der Waals surface area contributed by atoms with E-state index < -0.39 is 0 Å². The molecular weight excluding hydrogens is 259 g/mol. The summed E-state index contributed by atoms with van der Waals surface area (Å²) >= 11 is 1.96. The molecule has 0 spiro atoms. The Bertz CT molecular complexity index is 83.4. The van der Waals surface area contributed by atoms with E-state index in [0.29, 0.717) is 0 Å². The molecule has 0 saturated carbocycles. The van der Waals surface area contributed by atoms with Gasteiger partial charge in [0.05, 0.1) is 0 Å². The van der Waals surface area contributed by atoms with Gasteiger partial charge in [0.15, 0.2) is 0 Å². The maximum Gasteiger partial charge on any atom is 2.00 e. The van der Waals surface area contributed by atoms with Crippen molar-refractivity contribution in [1.82, 2.24) is 4.90 Å². The molecule has 110 valence electrons. The minimum atomic E-state index is 0. The van der Waals surface area contributed by atoms with E-state index in [-0.39, 0.29) is 36.3 Å². The molecule has 0 unspecified atom stereocenters. The van der Waals surface area contributed by atoms with E-state index in [0.717, 1.165) is 13.1 Å². The molecule has 0 aromatic rings. The van der Waals surface area contributed by atoms with Crippen molar-refractivity contribution in [3.05, 3.63) is 0 Å². The molecule has 3 nitrogen and oxygen atoms in total. The molecule has 0 bridgehead atoms. The van der Waals surface area contributed by atoms with Crippen LogP contribution in [-0.2, 0) is 0 Å². The van der Waals surface area contributed by atoms with Crippen molar-refractivity contribution < 1.29 is 10.2 Å². The average Bonchev–Trinajstić information content (AvgIpc) is 2.32. The molecule has 0 rings (SSSR count). The first kappa shape index (κ1) is 31.4. The summed E-state index contributed by atoms with van der Waals surface area (Å²) in [5, 5.41) is 17.9. The Balaban J connectivity index is -0.0000000429. The second kappa shape index (κ2) is 43.0. The van der Waals surface area contributed by atoms with E-state index in [1.54, 1.807) is 13.8 Å². The summed E-state index contributed by atoms with van der Waals surface area (Å²) in [5.41, 5.74) is 0. The Morgan fingerprint density at radius 1 is 0.778 bits per heavy atom. The van der Waals surface area contributed by atoms with E-state index in [1.165, 1.54) is 11.5 Å². The molecule has 0 aliphatic carbocycles. The molecule has 0 atom stereocenters. The van der Waals surface area contributed by atoms with Crippen molar-refractivity contribution in [2.75, 3.05) is 44.9 Å². The van der Waals surface area contributed by atoms with Gasteiger partial charge in [-0.2, -0.15) is 11.8 Å². The zero-order valence-electron chi connectivity index (χ0n) is 13.6. The first-order chi connectivity index (χ1) is 8.05. The van der Waals surface area contributed by atoms with Crippen LogP contribution in [0.15, 0.2) is 0 Å². The van der Waals surface area contributed by atoms with Gasteiger partial charge in [-0.25, -0.2) is 0 Å². The van der Waals surface area contributed by atoms with Crippen molar-refractivity contribution in [2.24, 2.45) is 0 Å². The summed E-state index contributed by atoms with van der Waals surface area (Å²) < 4.78 is 0. The third kappa shape index (κ3) is 88.9. The zero-order chi connectivity index (χ0) is 14.5. The normalized spacial score (nSPS) is 7.67. The van der Waals surface area contributed by atoms with Gasteiger partial charge in [0, 0.05) is 0 Å². The van der Waals surface area contributed by atoms with E-state index in [2.05, 4.69) is 39.6 Å². The minimum Gasteiger partial charge on any atom is -0.855 e. The Hall–Kier alpha value is 0.996. The number of hydrogen-bond acceptors (Lipinski definition) is 4. The van der Waals surface area contributed by atoms with Gasteiger partial charge in [-0.3, -0.25) is 0 Å². The Kier molecular flexibility index (Phi) is 75.0. The van der Waals surface area contributed by atoms with Gasteiger partial charge in [0.25, 0.3) is 0 Å². The molecule has 0 saturated heterocycles. The van der Waals surface area contributed by atoms with Crippen LogP contribution in [0.4, 0.5) is 0 Å². The van der Waals surface area contributed by atoms with Gasteiger partial charge < -0.3 is 15.1 Å². The minimum absolute atomic E-state index is 0. The summed E-state index contributed by atoms with van der Waals surface area (Å²) in [5.74, 6) is 2.52. The fourth-order valence-corrected chi connectivity index (χ4v) is 0.836. The van der Waals surface area contributed by atoms with Crippen molar-refractivity contribution >= 4 is 34.8 Å². The Labute approximate surface area is 136 Å². The molecule has 0 fully saturated rings. The van der Waals surface area contributed by atoms with E-state index in [1.807, 2.05) is 11.8 Å². The standard InChI is InChI=1S/C5H13N.C4H10S.2C2H5O.Mg/c1-4-6(3)5-2;1-3-5-4-2;2*1-2-3;/h4-5H2,1-3H3;3-4H2,1-2H3;2*2H2,1H3;/q;;2*-1;+2. The number of thioether (sulfide) groups is 1. The Morgan fingerprint density at radius 2 is 1.00 bits per heavy atom. The second-order valence-corrected chi connectivity index (χ2v) is 4.41. The van der Waals surface area contributed by atoms with Crippen LogP contribution in [0.5, 0.6) is 0 Å². The van der Waals surface area contributed by atoms with Crippen LogP contribution >= 0.6 is 11.8 Å². The van der Waals surface area contributed by atoms with Crippen LogP contribution in [0.25, 0.3) is 0 Å².